The zero-order valence-corrected chi connectivity index (χ0v) is 17.6. The molecule has 0 spiro atoms. The van der Waals surface area contributed by atoms with E-state index in [0.717, 1.165) is 17.5 Å². The van der Waals surface area contributed by atoms with Crippen molar-refractivity contribution < 1.29 is 9.47 Å². The van der Waals surface area contributed by atoms with Crippen LogP contribution in [0.1, 0.15) is 53.5 Å². The van der Waals surface area contributed by atoms with Crippen LogP contribution in [0.25, 0.3) is 0 Å². The zero-order valence-electron chi connectivity index (χ0n) is 17.6. The molecular formula is C25H25N3O2. The molecule has 2 unspecified atom stereocenters. The summed E-state index contributed by atoms with van der Waals surface area (Å²) in [4.78, 5) is 0. The van der Waals surface area contributed by atoms with Crippen LogP contribution >= 0.6 is 0 Å². The molecule has 2 aromatic carbocycles. The molecule has 1 fully saturated rings. The second-order valence-electron chi connectivity index (χ2n) is 7.81. The molecule has 1 aliphatic rings. The number of ether oxygens (including phenoxy) is 2. The number of nitriles is 3. The molecule has 1 saturated carbocycles. The molecule has 0 saturated heterocycles. The molecule has 5 nitrogen and oxygen atoms in total. The van der Waals surface area contributed by atoms with Gasteiger partial charge in [-0.05, 0) is 55.2 Å². The quantitative estimate of drug-likeness (QED) is 0.617. The van der Waals surface area contributed by atoms with Gasteiger partial charge in [-0.25, -0.2) is 0 Å². The number of benzene rings is 2. The molecule has 0 radical (unpaired) electrons. The summed E-state index contributed by atoms with van der Waals surface area (Å²) in [5.41, 5.74) is 1.51. The minimum absolute atomic E-state index is 0.208. The van der Waals surface area contributed by atoms with Gasteiger partial charge in [0, 0.05) is 18.2 Å². The van der Waals surface area contributed by atoms with E-state index in [9.17, 15) is 15.8 Å². The average molecular weight is 399 g/mol. The monoisotopic (exact) mass is 399 g/mol. The lowest BCUT2D eigenvalue weighted by molar-refractivity contribution is 0.0838. The lowest BCUT2D eigenvalue weighted by Gasteiger charge is -2.27. The van der Waals surface area contributed by atoms with Gasteiger partial charge >= 0.3 is 0 Å². The van der Waals surface area contributed by atoms with E-state index in [1.54, 1.807) is 26.4 Å². The van der Waals surface area contributed by atoms with E-state index >= 15 is 0 Å². The van der Waals surface area contributed by atoms with Gasteiger partial charge in [0.15, 0.2) is 0 Å². The van der Waals surface area contributed by atoms with Crippen molar-refractivity contribution >= 4 is 0 Å². The van der Waals surface area contributed by atoms with Crippen LogP contribution in [0.2, 0.25) is 0 Å². The van der Waals surface area contributed by atoms with Crippen LogP contribution in [0.15, 0.2) is 42.5 Å². The minimum Gasteiger partial charge on any atom is -0.496 e. The summed E-state index contributed by atoms with van der Waals surface area (Å²) in [6.07, 6.45) is 3.04. The second kappa shape index (κ2) is 9.00. The molecule has 152 valence electrons. The Labute approximate surface area is 178 Å². The first-order valence-corrected chi connectivity index (χ1v) is 10.0. The van der Waals surface area contributed by atoms with E-state index in [1.807, 2.05) is 31.2 Å². The highest BCUT2D eigenvalue weighted by molar-refractivity contribution is 5.55. The smallest absolute Gasteiger partial charge is 0.253 e. The van der Waals surface area contributed by atoms with Gasteiger partial charge in [-0.2, -0.15) is 15.8 Å². The Morgan fingerprint density at radius 3 is 2.17 bits per heavy atom. The van der Waals surface area contributed by atoms with Crippen LogP contribution in [0.3, 0.4) is 0 Å². The Bertz CT molecular complexity index is 987. The highest BCUT2D eigenvalue weighted by Gasteiger charge is 2.37. The highest BCUT2D eigenvalue weighted by Crippen LogP contribution is 2.48. The number of nitrogens with zero attached hydrogens (tertiary/aromatic N) is 3. The third-order valence-corrected chi connectivity index (χ3v) is 6.00. The predicted octanol–water partition coefficient (Wildman–Crippen LogP) is 5.08. The lowest BCUT2D eigenvalue weighted by Crippen LogP contribution is -2.20. The SMILES string of the molecule is COc1cc(C(C#N)(C#N)C#N)cc(C)c1C(CC(c1ccccc1)C1CC1)OC. The third kappa shape index (κ3) is 4.02. The molecule has 0 amide bonds. The summed E-state index contributed by atoms with van der Waals surface area (Å²) in [5.74, 6) is 1.57. The lowest BCUT2D eigenvalue weighted by atomic mass is 9.81. The Balaban J connectivity index is 2.02. The molecule has 0 N–H and O–H groups in total. The maximum atomic E-state index is 9.46. The normalized spacial score (nSPS) is 15.3. The van der Waals surface area contributed by atoms with Gasteiger partial charge in [0.05, 0.1) is 13.2 Å². The molecule has 1 aliphatic carbocycles. The van der Waals surface area contributed by atoms with Crippen molar-refractivity contribution in [2.24, 2.45) is 5.92 Å². The Kier molecular flexibility index (Phi) is 6.41. The Hall–Kier alpha value is -3.33. The minimum atomic E-state index is -1.86. The number of aryl methyl sites for hydroxylation is 1. The molecular weight excluding hydrogens is 374 g/mol. The summed E-state index contributed by atoms with van der Waals surface area (Å²) in [6.45, 7) is 1.90. The molecule has 0 aliphatic heterocycles. The maximum Gasteiger partial charge on any atom is 0.253 e. The molecule has 0 aromatic heterocycles. The van der Waals surface area contributed by atoms with Gasteiger partial charge in [-0.1, -0.05) is 36.4 Å². The van der Waals surface area contributed by atoms with Crippen molar-refractivity contribution in [1.82, 2.24) is 0 Å². The number of hydrogen-bond donors (Lipinski definition) is 0. The van der Waals surface area contributed by atoms with Crippen molar-refractivity contribution in [3.05, 3.63) is 64.7 Å². The highest BCUT2D eigenvalue weighted by atomic mass is 16.5. The van der Waals surface area contributed by atoms with E-state index < -0.39 is 5.41 Å². The summed E-state index contributed by atoms with van der Waals surface area (Å²) in [6, 6.07) is 19.4. The van der Waals surface area contributed by atoms with Crippen LogP contribution in [-0.2, 0) is 10.2 Å². The third-order valence-electron chi connectivity index (χ3n) is 6.00. The van der Waals surface area contributed by atoms with Gasteiger partial charge in [-0.15, -0.1) is 0 Å². The van der Waals surface area contributed by atoms with Crippen LogP contribution in [0.4, 0.5) is 0 Å². The molecule has 3 rings (SSSR count). The Morgan fingerprint density at radius 2 is 1.67 bits per heavy atom. The van der Waals surface area contributed by atoms with E-state index in [2.05, 4.69) is 24.3 Å². The van der Waals surface area contributed by atoms with Crippen molar-refractivity contribution in [2.45, 2.75) is 43.6 Å². The summed E-state index contributed by atoms with van der Waals surface area (Å²) < 4.78 is 11.6. The topological polar surface area (TPSA) is 89.8 Å². The molecule has 2 atom stereocenters. The fraction of sp³-hybridized carbons (Fsp3) is 0.400. The van der Waals surface area contributed by atoms with Crippen molar-refractivity contribution in [3.63, 3.8) is 0 Å². The standard InChI is InChI=1S/C25H25N3O2/c1-17-11-20(25(14-26,15-27)16-28)12-22(29-2)24(17)23(30-3)13-21(19-9-10-19)18-7-5-4-6-8-18/h4-8,11-12,19,21,23H,9-10,13H2,1-3H3. The zero-order chi connectivity index (χ0) is 21.7. The van der Waals surface area contributed by atoms with E-state index in [-0.39, 0.29) is 6.10 Å². The fourth-order valence-corrected chi connectivity index (χ4v) is 4.19. The first-order valence-electron chi connectivity index (χ1n) is 10.0. The largest absolute Gasteiger partial charge is 0.496 e. The van der Waals surface area contributed by atoms with Crippen LogP contribution < -0.4 is 4.74 Å². The molecule has 5 heteroatoms. The first kappa shape index (κ1) is 21.4. The van der Waals surface area contributed by atoms with E-state index in [4.69, 9.17) is 9.47 Å². The predicted molar refractivity (Wildman–Crippen MR) is 113 cm³/mol. The van der Waals surface area contributed by atoms with Crippen LogP contribution in [-0.4, -0.2) is 14.2 Å². The Morgan fingerprint density at radius 1 is 1.03 bits per heavy atom. The van der Waals surface area contributed by atoms with Crippen LogP contribution in [0, 0.1) is 46.8 Å². The first-order chi connectivity index (χ1) is 14.5. The van der Waals surface area contributed by atoms with Gasteiger partial charge in [0.2, 0.25) is 0 Å². The molecule has 30 heavy (non-hydrogen) atoms. The second-order valence-corrected chi connectivity index (χ2v) is 7.81. The maximum absolute atomic E-state index is 9.46. The van der Waals surface area contributed by atoms with Gasteiger partial charge in [0.1, 0.15) is 24.0 Å². The number of hydrogen-bond acceptors (Lipinski definition) is 5. The van der Waals surface area contributed by atoms with Crippen molar-refractivity contribution in [3.8, 4) is 24.0 Å². The molecule has 0 heterocycles. The van der Waals surface area contributed by atoms with Gasteiger partial charge in [0.25, 0.3) is 5.41 Å². The van der Waals surface area contributed by atoms with Gasteiger partial charge in [-0.3, -0.25) is 0 Å². The number of methoxy groups -OCH3 is 2. The molecule has 0 bridgehead atoms. The van der Waals surface area contributed by atoms with Crippen molar-refractivity contribution in [2.75, 3.05) is 14.2 Å². The van der Waals surface area contributed by atoms with Crippen molar-refractivity contribution in [1.29, 1.82) is 15.8 Å². The summed E-state index contributed by atoms with van der Waals surface area (Å²) in [5, 5.41) is 28.4. The summed E-state index contributed by atoms with van der Waals surface area (Å²) >= 11 is 0. The summed E-state index contributed by atoms with van der Waals surface area (Å²) in [7, 11) is 3.24. The van der Waals surface area contributed by atoms with E-state index in [1.165, 1.54) is 18.4 Å². The molecule has 2 aromatic rings. The van der Waals surface area contributed by atoms with Crippen LogP contribution in [0.5, 0.6) is 5.75 Å². The van der Waals surface area contributed by atoms with Gasteiger partial charge < -0.3 is 9.47 Å². The average Bonchev–Trinajstić information content (AvgIpc) is 3.62. The van der Waals surface area contributed by atoms with E-state index in [0.29, 0.717) is 23.1 Å². The number of rotatable bonds is 8. The fourth-order valence-electron chi connectivity index (χ4n) is 4.19.